The fourth-order valence-corrected chi connectivity index (χ4v) is 7.53. The lowest BCUT2D eigenvalue weighted by Crippen LogP contribution is -2.62. The zero-order chi connectivity index (χ0) is 26.9. The highest BCUT2D eigenvalue weighted by Gasteiger charge is 2.49. The van der Waals surface area contributed by atoms with Crippen LogP contribution in [0, 0.1) is 0 Å². The van der Waals surface area contributed by atoms with Crippen molar-refractivity contribution >= 4 is 51.9 Å². The number of rotatable bonds is 7. The smallest absolute Gasteiger partial charge is 0.262 e. The Bertz CT molecular complexity index is 1180. The van der Waals surface area contributed by atoms with Crippen LogP contribution in [0.3, 0.4) is 0 Å². The van der Waals surface area contributed by atoms with Gasteiger partial charge in [0.05, 0.1) is 4.90 Å². The number of ether oxygens (including phenoxy) is 1. The van der Waals surface area contributed by atoms with Crippen LogP contribution in [-0.2, 0) is 19.3 Å². The van der Waals surface area contributed by atoms with Gasteiger partial charge in [0.2, 0.25) is 18.3 Å². The van der Waals surface area contributed by atoms with Gasteiger partial charge < -0.3 is 9.26 Å². The van der Waals surface area contributed by atoms with E-state index >= 15 is 0 Å². The Morgan fingerprint density at radius 2 is 1.61 bits per heavy atom. The Labute approximate surface area is 228 Å². The van der Waals surface area contributed by atoms with Crippen molar-refractivity contribution in [2.24, 2.45) is 0 Å². The first kappa shape index (κ1) is 29.2. The van der Waals surface area contributed by atoms with Crippen LogP contribution in [0.15, 0.2) is 57.9 Å². The van der Waals surface area contributed by atoms with Crippen LogP contribution in [0.25, 0.3) is 0 Å². The second-order valence-corrected chi connectivity index (χ2v) is 20.1. The van der Waals surface area contributed by atoms with Crippen LogP contribution in [0.2, 0.25) is 18.1 Å². The van der Waals surface area contributed by atoms with Crippen molar-refractivity contribution in [3.8, 4) is 11.5 Å². The minimum absolute atomic E-state index is 0.108. The van der Waals surface area contributed by atoms with Gasteiger partial charge in [0.15, 0.2) is 0 Å². The second-order valence-electron chi connectivity index (χ2n) is 10.8. The van der Waals surface area contributed by atoms with Crippen LogP contribution in [0.4, 0.5) is 0 Å². The maximum absolute atomic E-state index is 13.7. The van der Waals surface area contributed by atoms with Crippen molar-refractivity contribution in [1.29, 1.82) is 0 Å². The molecule has 1 amide bonds. The third-order valence-corrected chi connectivity index (χ3v) is 14.7. The van der Waals surface area contributed by atoms with Crippen LogP contribution < -0.4 is 10.2 Å². The fraction of sp³-hybridized carbons (Fsp3) is 0.480. The summed E-state index contributed by atoms with van der Waals surface area (Å²) in [6.45, 7) is 14.3. The normalized spacial score (nSPS) is 19.1. The average molecular weight is 616 g/mol. The van der Waals surface area contributed by atoms with Crippen molar-refractivity contribution < 1.29 is 22.5 Å². The Balaban J connectivity index is 1.83. The molecule has 198 valence electrons. The lowest BCUT2D eigenvalue weighted by atomic mass is 10.0. The van der Waals surface area contributed by atoms with Gasteiger partial charge in [-0.05, 0) is 80.5 Å². The van der Waals surface area contributed by atoms with E-state index in [1.807, 2.05) is 51.2 Å². The van der Waals surface area contributed by atoms with Crippen LogP contribution in [0.5, 0.6) is 11.5 Å². The fourth-order valence-electron chi connectivity index (χ4n) is 3.50. The molecule has 7 nitrogen and oxygen atoms in total. The van der Waals surface area contributed by atoms with E-state index < -0.39 is 35.0 Å². The van der Waals surface area contributed by atoms with Gasteiger partial charge in [0.1, 0.15) is 17.5 Å². The van der Waals surface area contributed by atoms with Crippen molar-refractivity contribution in [3.63, 3.8) is 0 Å². The first-order valence-electron chi connectivity index (χ1n) is 11.7. The molecule has 36 heavy (non-hydrogen) atoms. The molecule has 11 heteroatoms. The molecule has 1 heterocycles. The van der Waals surface area contributed by atoms with E-state index in [2.05, 4.69) is 42.2 Å². The maximum Gasteiger partial charge on any atom is 0.262 e. The number of hydroxylamine groups is 1. The van der Waals surface area contributed by atoms with Gasteiger partial charge in [-0.1, -0.05) is 36.7 Å². The molecular formula is C25H35BrN2O5S2Si. The number of nitrogens with one attached hydrogen (secondary N) is 1. The van der Waals surface area contributed by atoms with Crippen LogP contribution in [0.1, 0.15) is 34.6 Å². The summed E-state index contributed by atoms with van der Waals surface area (Å²) >= 11 is 4.97. The summed E-state index contributed by atoms with van der Waals surface area (Å²) in [4.78, 5) is 13.5. The number of sulfonamides is 1. The molecule has 1 aliphatic heterocycles. The standard InChI is InChI=1S/C25H35BrN2O5S2Si/c1-24(2,3)36(6,7)33-27-23(29)22-25(4,5)34-17-16-28(22)35(30,31)21-14-12-20(13-15-21)32-19-10-8-18(26)9-11-19/h8-15,22H,16-17H2,1-7H3,(H,27,29)/t22-/m0/s1. The monoisotopic (exact) mass is 614 g/mol. The second kappa shape index (κ2) is 10.8. The third kappa shape index (κ3) is 6.54. The van der Waals surface area contributed by atoms with E-state index in [4.69, 9.17) is 9.26 Å². The predicted molar refractivity (Wildman–Crippen MR) is 151 cm³/mol. The van der Waals surface area contributed by atoms with Gasteiger partial charge in [-0.2, -0.15) is 16.1 Å². The van der Waals surface area contributed by atoms with Gasteiger partial charge in [-0.3, -0.25) is 4.79 Å². The highest BCUT2D eigenvalue weighted by atomic mass is 79.9. The molecule has 1 saturated heterocycles. The molecular weight excluding hydrogens is 580 g/mol. The largest absolute Gasteiger partial charge is 0.457 e. The number of hydrogen-bond acceptors (Lipinski definition) is 6. The molecule has 1 fully saturated rings. The van der Waals surface area contributed by atoms with Gasteiger partial charge in [-0.25, -0.2) is 13.9 Å². The number of carbonyl (C=O) groups is 1. The Morgan fingerprint density at radius 3 is 2.14 bits per heavy atom. The van der Waals surface area contributed by atoms with E-state index in [9.17, 15) is 13.2 Å². The van der Waals surface area contributed by atoms with E-state index in [0.717, 1.165) is 4.47 Å². The molecule has 1 atom stereocenters. The average Bonchev–Trinajstić information content (AvgIpc) is 2.78. The lowest BCUT2D eigenvalue weighted by molar-refractivity contribution is -0.133. The third-order valence-electron chi connectivity index (χ3n) is 6.67. The topological polar surface area (TPSA) is 84.9 Å². The van der Waals surface area contributed by atoms with E-state index in [-0.39, 0.29) is 16.5 Å². The minimum atomic E-state index is -3.95. The first-order valence-corrected chi connectivity index (χ1v) is 17.8. The summed E-state index contributed by atoms with van der Waals surface area (Å²) in [6, 6.07) is 12.7. The summed E-state index contributed by atoms with van der Waals surface area (Å²) in [5, 5.41) is -0.108. The number of benzene rings is 2. The first-order chi connectivity index (χ1) is 16.5. The lowest BCUT2D eigenvalue weighted by Gasteiger charge is -2.44. The van der Waals surface area contributed by atoms with Gasteiger partial charge in [0.25, 0.3) is 5.91 Å². The van der Waals surface area contributed by atoms with Crippen molar-refractivity contribution in [3.05, 3.63) is 53.0 Å². The van der Waals surface area contributed by atoms with E-state index in [1.54, 1.807) is 23.9 Å². The molecule has 3 rings (SSSR count). The SMILES string of the molecule is CC1(C)SCCN(S(=O)(=O)c2ccc(Oc3ccc(Br)cc3)cc2)[C@H]1C(=O)NO[Si](C)(C)C(C)(C)C. The zero-order valence-corrected chi connectivity index (χ0v) is 26.0. The molecule has 0 spiro atoms. The number of halogens is 1. The van der Waals surface area contributed by atoms with Crippen molar-refractivity contribution in [2.75, 3.05) is 12.3 Å². The Hall–Kier alpha value is -1.37. The van der Waals surface area contributed by atoms with Gasteiger partial charge in [0, 0.05) is 21.5 Å². The summed E-state index contributed by atoms with van der Waals surface area (Å²) in [6.07, 6.45) is 0. The molecule has 0 aromatic heterocycles. The molecule has 1 aliphatic rings. The highest BCUT2D eigenvalue weighted by Crippen LogP contribution is 2.40. The molecule has 0 saturated carbocycles. The molecule has 2 aromatic rings. The summed E-state index contributed by atoms with van der Waals surface area (Å²) < 4.78 is 40.8. The van der Waals surface area contributed by atoms with Gasteiger partial charge in [-0.15, -0.1) is 0 Å². The number of hydrogen-bond donors (Lipinski definition) is 1. The minimum Gasteiger partial charge on any atom is -0.457 e. The van der Waals surface area contributed by atoms with E-state index in [0.29, 0.717) is 17.3 Å². The van der Waals surface area contributed by atoms with Crippen LogP contribution in [-0.4, -0.2) is 50.0 Å². The van der Waals surface area contributed by atoms with E-state index in [1.165, 1.54) is 16.4 Å². The molecule has 1 N–H and O–H groups in total. The van der Waals surface area contributed by atoms with Crippen molar-refractivity contribution in [1.82, 2.24) is 9.79 Å². The molecule has 0 bridgehead atoms. The number of amides is 1. The van der Waals surface area contributed by atoms with Gasteiger partial charge >= 0.3 is 0 Å². The summed E-state index contributed by atoms with van der Waals surface area (Å²) in [5.41, 5.74) is 2.63. The number of carbonyl (C=O) groups excluding carboxylic acids is 1. The molecule has 0 unspecified atom stereocenters. The van der Waals surface area contributed by atoms with Crippen molar-refractivity contribution in [2.45, 2.75) is 68.4 Å². The Kier molecular flexibility index (Phi) is 8.74. The maximum atomic E-state index is 13.7. The molecule has 2 aromatic carbocycles. The van der Waals surface area contributed by atoms with Crippen LogP contribution >= 0.6 is 27.7 Å². The quantitative estimate of drug-likeness (QED) is 0.296. The zero-order valence-electron chi connectivity index (χ0n) is 21.8. The Morgan fingerprint density at radius 1 is 1.08 bits per heavy atom. The predicted octanol–water partition coefficient (Wildman–Crippen LogP) is 6.18. The molecule has 0 aliphatic carbocycles. The highest BCUT2D eigenvalue weighted by molar-refractivity contribution is 9.10. The number of nitrogens with zero attached hydrogens (tertiary/aromatic N) is 1. The summed E-state index contributed by atoms with van der Waals surface area (Å²) in [7, 11) is -6.23. The summed E-state index contributed by atoms with van der Waals surface area (Å²) in [5.74, 6) is 1.30. The molecule has 0 radical (unpaired) electrons. The number of thioether (sulfide) groups is 1.